The summed E-state index contributed by atoms with van der Waals surface area (Å²) in [4.78, 5) is 0.522. The summed E-state index contributed by atoms with van der Waals surface area (Å²) in [5.41, 5.74) is 7.05. The molecule has 0 saturated heterocycles. The van der Waals surface area contributed by atoms with Crippen molar-refractivity contribution in [3.63, 3.8) is 0 Å². The van der Waals surface area contributed by atoms with E-state index in [1.165, 1.54) is 6.07 Å². The summed E-state index contributed by atoms with van der Waals surface area (Å²) in [6.45, 7) is 5.76. The molecule has 0 fully saturated rings. The van der Waals surface area contributed by atoms with Crippen molar-refractivity contribution in [3.8, 4) is 0 Å². The van der Waals surface area contributed by atoms with E-state index in [0.717, 1.165) is 24.8 Å². The van der Waals surface area contributed by atoms with Gasteiger partial charge in [0.1, 0.15) is 4.99 Å². The van der Waals surface area contributed by atoms with Crippen molar-refractivity contribution >= 4 is 27.2 Å². The van der Waals surface area contributed by atoms with Crippen LogP contribution in [-0.2, 0) is 10.0 Å². The van der Waals surface area contributed by atoms with Crippen LogP contribution in [0.2, 0.25) is 0 Å². The maximum atomic E-state index is 12.3. The van der Waals surface area contributed by atoms with E-state index in [2.05, 4.69) is 11.6 Å². The Morgan fingerprint density at radius 2 is 2.10 bits per heavy atom. The van der Waals surface area contributed by atoms with Gasteiger partial charge in [-0.15, -0.1) is 0 Å². The molecule has 0 heterocycles. The molecule has 1 atom stereocenters. The second kappa shape index (κ2) is 7.15. The van der Waals surface area contributed by atoms with Crippen LogP contribution in [0.15, 0.2) is 23.1 Å². The minimum absolute atomic E-state index is 0.0736. The Hall–Kier alpha value is -0.980. The topological polar surface area (TPSA) is 72.2 Å². The Morgan fingerprint density at radius 3 is 2.60 bits per heavy atom. The zero-order valence-corrected chi connectivity index (χ0v) is 13.8. The van der Waals surface area contributed by atoms with E-state index in [4.69, 9.17) is 18.0 Å². The van der Waals surface area contributed by atoms with Crippen molar-refractivity contribution in [1.29, 1.82) is 0 Å². The third kappa shape index (κ3) is 4.54. The molecule has 0 aromatic heterocycles. The molecule has 20 heavy (non-hydrogen) atoms. The van der Waals surface area contributed by atoms with Crippen LogP contribution in [0.25, 0.3) is 0 Å². The number of rotatable bonds is 7. The fourth-order valence-electron chi connectivity index (χ4n) is 1.98. The van der Waals surface area contributed by atoms with Crippen molar-refractivity contribution in [2.45, 2.75) is 51.0 Å². The molecule has 0 radical (unpaired) electrons. The SMILES string of the molecule is CCCCC(C)NS(=O)(=O)c1ccc(C(N)=S)c(C)c1. The van der Waals surface area contributed by atoms with Gasteiger partial charge in [-0.2, -0.15) is 0 Å². The van der Waals surface area contributed by atoms with E-state index in [-0.39, 0.29) is 15.9 Å². The van der Waals surface area contributed by atoms with Crippen LogP contribution < -0.4 is 10.5 Å². The van der Waals surface area contributed by atoms with Crippen molar-refractivity contribution in [3.05, 3.63) is 29.3 Å². The van der Waals surface area contributed by atoms with E-state index < -0.39 is 10.0 Å². The molecular weight excluding hydrogens is 292 g/mol. The molecular formula is C14H22N2O2S2. The molecule has 1 aromatic rings. The van der Waals surface area contributed by atoms with E-state index in [9.17, 15) is 8.42 Å². The number of sulfonamides is 1. The average Bonchev–Trinajstić information content (AvgIpc) is 2.35. The molecule has 1 unspecified atom stereocenters. The predicted octanol–water partition coefficient (Wildman–Crippen LogP) is 2.49. The first-order valence-corrected chi connectivity index (χ1v) is 8.60. The van der Waals surface area contributed by atoms with Gasteiger partial charge in [0.05, 0.1) is 4.90 Å². The number of nitrogens with one attached hydrogen (secondary N) is 1. The average molecular weight is 314 g/mol. The first kappa shape index (κ1) is 17.1. The number of hydrogen-bond acceptors (Lipinski definition) is 3. The van der Waals surface area contributed by atoms with Gasteiger partial charge in [-0.1, -0.05) is 38.0 Å². The summed E-state index contributed by atoms with van der Waals surface area (Å²) >= 11 is 4.92. The number of aryl methyl sites for hydroxylation is 1. The molecule has 0 saturated carbocycles. The highest BCUT2D eigenvalue weighted by molar-refractivity contribution is 7.89. The summed E-state index contributed by atoms with van der Waals surface area (Å²) in [6, 6.07) is 4.72. The predicted molar refractivity (Wildman–Crippen MR) is 86.4 cm³/mol. The Morgan fingerprint density at radius 1 is 1.45 bits per heavy atom. The van der Waals surface area contributed by atoms with Gasteiger partial charge < -0.3 is 5.73 Å². The first-order valence-electron chi connectivity index (χ1n) is 6.70. The summed E-state index contributed by atoms with van der Waals surface area (Å²) < 4.78 is 27.2. The summed E-state index contributed by atoms with van der Waals surface area (Å²) in [5.74, 6) is 0. The smallest absolute Gasteiger partial charge is 0.240 e. The number of nitrogens with two attached hydrogens (primary N) is 1. The summed E-state index contributed by atoms with van der Waals surface area (Å²) in [5, 5.41) is 0. The summed E-state index contributed by atoms with van der Waals surface area (Å²) in [7, 11) is -3.49. The fraction of sp³-hybridized carbons (Fsp3) is 0.500. The van der Waals surface area contributed by atoms with Crippen LogP contribution in [-0.4, -0.2) is 19.4 Å². The largest absolute Gasteiger partial charge is 0.389 e. The Bertz CT molecular complexity index is 583. The van der Waals surface area contributed by atoms with Gasteiger partial charge in [0, 0.05) is 11.6 Å². The minimum atomic E-state index is -3.49. The van der Waals surface area contributed by atoms with E-state index in [0.29, 0.717) is 5.56 Å². The molecule has 1 aromatic carbocycles. The molecule has 6 heteroatoms. The lowest BCUT2D eigenvalue weighted by Gasteiger charge is -2.14. The Labute approximate surface area is 126 Å². The molecule has 0 aliphatic rings. The molecule has 4 nitrogen and oxygen atoms in total. The minimum Gasteiger partial charge on any atom is -0.389 e. The Kier molecular flexibility index (Phi) is 6.10. The molecule has 0 spiro atoms. The number of thiocarbonyl (C=S) groups is 1. The maximum absolute atomic E-state index is 12.3. The van der Waals surface area contributed by atoms with E-state index >= 15 is 0 Å². The second-order valence-electron chi connectivity index (χ2n) is 5.01. The third-order valence-corrected chi connectivity index (χ3v) is 4.93. The number of hydrogen-bond donors (Lipinski definition) is 2. The van der Waals surface area contributed by atoms with Gasteiger partial charge in [-0.25, -0.2) is 13.1 Å². The highest BCUT2D eigenvalue weighted by Crippen LogP contribution is 2.16. The molecule has 1 rings (SSSR count). The van der Waals surface area contributed by atoms with Gasteiger partial charge in [-0.3, -0.25) is 0 Å². The maximum Gasteiger partial charge on any atom is 0.240 e. The lowest BCUT2D eigenvalue weighted by Crippen LogP contribution is -2.32. The van der Waals surface area contributed by atoms with Gasteiger partial charge in [0.25, 0.3) is 0 Å². The first-order chi connectivity index (χ1) is 9.27. The zero-order valence-electron chi connectivity index (χ0n) is 12.1. The number of benzene rings is 1. The molecule has 0 aliphatic carbocycles. The molecule has 0 amide bonds. The van der Waals surface area contributed by atoms with Crippen LogP contribution in [0.3, 0.4) is 0 Å². The van der Waals surface area contributed by atoms with Gasteiger partial charge in [-0.05, 0) is 38.0 Å². The van der Waals surface area contributed by atoms with Crippen LogP contribution in [0.5, 0.6) is 0 Å². The van der Waals surface area contributed by atoms with Gasteiger partial charge in [0.15, 0.2) is 0 Å². The normalized spacial score (nSPS) is 13.2. The van der Waals surface area contributed by atoms with Crippen molar-refractivity contribution in [1.82, 2.24) is 4.72 Å². The van der Waals surface area contributed by atoms with Crippen molar-refractivity contribution < 1.29 is 8.42 Å². The van der Waals surface area contributed by atoms with E-state index in [1.807, 2.05) is 6.92 Å². The third-order valence-electron chi connectivity index (χ3n) is 3.12. The van der Waals surface area contributed by atoms with Crippen LogP contribution in [0, 0.1) is 6.92 Å². The van der Waals surface area contributed by atoms with Gasteiger partial charge in [0.2, 0.25) is 10.0 Å². The van der Waals surface area contributed by atoms with E-state index in [1.54, 1.807) is 19.1 Å². The zero-order chi connectivity index (χ0) is 15.3. The lowest BCUT2D eigenvalue weighted by molar-refractivity contribution is 0.534. The molecule has 0 bridgehead atoms. The van der Waals surface area contributed by atoms with Crippen molar-refractivity contribution in [2.24, 2.45) is 5.73 Å². The van der Waals surface area contributed by atoms with Crippen molar-refractivity contribution in [2.75, 3.05) is 0 Å². The lowest BCUT2D eigenvalue weighted by atomic mass is 10.1. The highest BCUT2D eigenvalue weighted by Gasteiger charge is 2.18. The molecule has 0 aliphatic heterocycles. The van der Waals surface area contributed by atoms with Crippen LogP contribution in [0.4, 0.5) is 0 Å². The fourth-order valence-corrected chi connectivity index (χ4v) is 3.57. The Balaban J connectivity index is 2.93. The van der Waals surface area contributed by atoms with Crippen LogP contribution in [0.1, 0.15) is 44.2 Å². The standard InChI is InChI=1S/C14H22N2O2S2/c1-4-5-6-11(3)16-20(17,18)12-7-8-13(14(15)19)10(2)9-12/h7-9,11,16H,4-6H2,1-3H3,(H2,15,19). The van der Waals surface area contributed by atoms with Crippen LogP contribution >= 0.6 is 12.2 Å². The summed E-state index contributed by atoms with van der Waals surface area (Å²) in [6.07, 6.45) is 2.89. The molecule has 112 valence electrons. The molecule has 3 N–H and O–H groups in total. The van der Waals surface area contributed by atoms with Gasteiger partial charge >= 0.3 is 0 Å². The quantitative estimate of drug-likeness (QED) is 0.759. The number of unbranched alkanes of at least 4 members (excludes halogenated alkanes) is 1. The second-order valence-corrected chi connectivity index (χ2v) is 7.16. The monoisotopic (exact) mass is 314 g/mol. The highest BCUT2D eigenvalue weighted by atomic mass is 32.2.